The number of urea groups is 1. The Morgan fingerprint density at radius 2 is 1.67 bits per heavy atom. The molecule has 0 saturated carbocycles. The molecule has 33 heavy (non-hydrogen) atoms. The number of para-hydroxylation sites is 2. The van der Waals surface area contributed by atoms with Gasteiger partial charge < -0.3 is 15.1 Å². The van der Waals surface area contributed by atoms with Crippen LogP contribution in [-0.2, 0) is 0 Å². The smallest absolute Gasteiger partial charge is 0.321 e. The van der Waals surface area contributed by atoms with Gasteiger partial charge in [-0.1, -0.05) is 36.4 Å². The lowest BCUT2D eigenvalue weighted by Crippen LogP contribution is -2.50. The predicted molar refractivity (Wildman–Crippen MR) is 131 cm³/mol. The molecule has 0 unspecified atom stereocenters. The maximum atomic E-state index is 12.7. The number of carbonyl (C=O) groups excluding carboxylic acids is 1. The number of nitrogens with zero attached hydrogens (tertiary/aromatic N) is 6. The van der Waals surface area contributed by atoms with Gasteiger partial charge in [0.1, 0.15) is 0 Å². The minimum Gasteiger partial charge on any atom is -0.338 e. The van der Waals surface area contributed by atoms with Crippen molar-refractivity contribution in [2.24, 2.45) is 0 Å². The molecule has 1 aliphatic heterocycles. The van der Waals surface area contributed by atoms with Crippen molar-refractivity contribution in [3.05, 3.63) is 72.1 Å². The van der Waals surface area contributed by atoms with Gasteiger partial charge in [0.25, 0.3) is 0 Å². The Morgan fingerprint density at radius 1 is 0.879 bits per heavy atom. The molecule has 6 rings (SSSR count). The number of hydrogen-bond donors (Lipinski definition) is 1. The van der Waals surface area contributed by atoms with Crippen molar-refractivity contribution >= 4 is 45.6 Å². The maximum Gasteiger partial charge on any atom is 0.321 e. The first-order valence-electron chi connectivity index (χ1n) is 10.8. The third kappa shape index (κ3) is 3.56. The molecule has 1 aliphatic rings. The number of thiophene rings is 1. The van der Waals surface area contributed by atoms with E-state index in [4.69, 9.17) is 4.98 Å². The second-order valence-corrected chi connectivity index (χ2v) is 8.81. The van der Waals surface area contributed by atoms with E-state index in [0.717, 1.165) is 38.9 Å². The lowest BCUT2D eigenvalue weighted by Gasteiger charge is -2.35. The number of piperazine rings is 1. The van der Waals surface area contributed by atoms with Crippen molar-refractivity contribution < 1.29 is 4.79 Å². The van der Waals surface area contributed by atoms with Crippen LogP contribution in [0.3, 0.4) is 0 Å². The van der Waals surface area contributed by atoms with Gasteiger partial charge >= 0.3 is 6.03 Å². The number of nitrogens with one attached hydrogen (secondary N) is 1. The highest BCUT2D eigenvalue weighted by molar-refractivity contribution is 7.13. The summed E-state index contributed by atoms with van der Waals surface area (Å²) in [5.41, 5.74) is 2.48. The van der Waals surface area contributed by atoms with Crippen LogP contribution in [-0.4, -0.2) is 56.7 Å². The molecule has 2 aromatic carbocycles. The third-order valence-electron chi connectivity index (χ3n) is 5.84. The van der Waals surface area contributed by atoms with Crippen molar-refractivity contribution in [2.45, 2.75) is 0 Å². The van der Waals surface area contributed by atoms with Gasteiger partial charge in [-0.2, -0.15) is 0 Å². The zero-order valence-corrected chi connectivity index (χ0v) is 18.6. The molecule has 0 radical (unpaired) electrons. The molecule has 164 valence electrons. The van der Waals surface area contributed by atoms with E-state index in [-0.39, 0.29) is 6.03 Å². The monoisotopic (exact) mass is 455 g/mol. The summed E-state index contributed by atoms with van der Waals surface area (Å²) in [4.78, 5) is 22.8. The highest BCUT2D eigenvalue weighted by Gasteiger charge is 2.26. The second kappa shape index (κ2) is 8.18. The van der Waals surface area contributed by atoms with Crippen LogP contribution in [0.15, 0.2) is 72.1 Å². The van der Waals surface area contributed by atoms with Gasteiger partial charge in [0.15, 0.2) is 11.5 Å². The molecule has 0 bridgehead atoms. The lowest BCUT2D eigenvalue weighted by atomic mass is 10.2. The first kappa shape index (κ1) is 19.7. The van der Waals surface area contributed by atoms with Crippen LogP contribution in [0, 0.1) is 0 Å². The van der Waals surface area contributed by atoms with Crippen LogP contribution in [0.25, 0.3) is 27.3 Å². The number of rotatable bonds is 3. The molecule has 1 saturated heterocycles. The van der Waals surface area contributed by atoms with Gasteiger partial charge in [-0.15, -0.1) is 21.5 Å². The van der Waals surface area contributed by atoms with Crippen molar-refractivity contribution in [3.8, 4) is 10.7 Å². The fraction of sp³-hybridized carbons (Fsp3) is 0.167. The quantitative estimate of drug-likeness (QED) is 0.437. The summed E-state index contributed by atoms with van der Waals surface area (Å²) in [7, 11) is 0. The maximum absolute atomic E-state index is 12.7. The molecule has 0 spiro atoms. The zero-order chi connectivity index (χ0) is 22.2. The van der Waals surface area contributed by atoms with Crippen LogP contribution < -0.4 is 10.2 Å². The largest absolute Gasteiger partial charge is 0.338 e. The van der Waals surface area contributed by atoms with Crippen molar-refractivity contribution in [3.63, 3.8) is 0 Å². The molecule has 1 N–H and O–H groups in total. The summed E-state index contributed by atoms with van der Waals surface area (Å²) in [6.07, 6.45) is 0. The fourth-order valence-corrected chi connectivity index (χ4v) is 4.88. The number of benzene rings is 2. The third-order valence-corrected chi connectivity index (χ3v) is 6.71. The molecule has 9 heteroatoms. The van der Waals surface area contributed by atoms with Crippen LogP contribution >= 0.6 is 11.3 Å². The van der Waals surface area contributed by atoms with Crippen LogP contribution in [0.5, 0.6) is 0 Å². The molecule has 5 aromatic rings. The van der Waals surface area contributed by atoms with E-state index in [0.29, 0.717) is 26.2 Å². The Balaban J connectivity index is 1.32. The molecule has 8 nitrogen and oxygen atoms in total. The minimum atomic E-state index is -0.0824. The topological polar surface area (TPSA) is 78.7 Å². The lowest BCUT2D eigenvalue weighted by molar-refractivity contribution is 0.208. The first-order valence-corrected chi connectivity index (χ1v) is 11.7. The van der Waals surface area contributed by atoms with Crippen molar-refractivity contribution in [1.82, 2.24) is 24.5 Å². The SMILES string of the molecule is O=C(Nc1ccccc1)N1CCN(c2nc3ccccc3c3nnc(-c4cccs4)n23)CC1. The van der Waals surface area contributed by atoms with E-state index in [1.165, 1.54) is 0 Å². The Morgan fingerprint density at radius 3 is 2.45 bits per heavy atom. The summed E-state index contributed by atoms with van der Waals surface area (Å²) in [5, 5.41) is 15.0. The fourth-order valence-electron chi connectivity index (χ4n) is 4.18. The van der Waals surface area contributed by atoms with E-state index in [1.807, 2.05) is 81.4 Å². The number of amides is 2. The van der Waals surface area contributed by atoms with Crippen LogP contribution in [0.1, 0.15) is 0 Å². The number of carbonyl (C=O) groups is 1. The number of aromatic nitrogens is 4. The zero-order valence-electron chi connectivity index (χ0n) is 17.8. The van der Waals surface area contributed by atoms with E-state index < -0.39 is 0 Å². The summed E-state index contributed by atoms with van der Waals surface area (Å²) in [6, 6.07) is 21.5. The van der Waals surface area contributed by atoms with Crippen LogP contribution in [0.2, 0.25) is 0 Å². The summed E-state index contributed by atoms with van der Waals surface area (Å²) in [5.74, 6) is 1.60. The summed E-state index contributed by atoms with van der Waals surface area (Å²) >= 11 is 1.63. The van der Waals surface area contributed by atoms with E-state index in [2.05, 4.69) is 20.4 Å². The van der Waals surface area contributed by atoms with Gasteiger partial charge in [0, 0.05) is 37.3 Å². The molecular formula is C24H21N7OS. The predicted octanol–water partition coefficient (Wildman–Crippen LogP) is 4.36. The molecule has 1 fully saturated rings. The molecular weight excluding hydrogens is 434 g/mol. The minimum absolute atomic E-state index is 0.0824. The first-order chi connectivity index (χ1) is 16.3. The molecule has 3 aromatic heterocycles. The Labute approximate surface area is 194 Å². The normalized spacial score (nSPS) is 14.2. The highest BCUT2D eigenvalue weighted by atomic mass is 32.1. The van der Waals surface area contributed by atoms with Gasteiger partial charge in [-0.25, -0.2) is 14.2 Å². The highest BCUT2D eigenvalue weighted by Crippen LogP contribution is 2.30. The van der Waals surface area contributed by atoms with E-state index in [9.17, 15) is 4.79 Å². The standard InChI is InChI=1S/C24H21N7OS/c32-24(25-17-7-2-1-3-8-17)30-14-12-29(13-15-30)23-26-19-10-5-4-9-18(19)21-27-28-22(31(21)23)20-11-6-16-33-20/h1-11,16H,12-15H2,(H,25,32). The molecule has 0 atom stereocenters. The number of fused-ring (bicyclic) bond motifs is 3. The average Bonchev–Trinajstić information content (AvgIpc) is 3.55. The summed E-state index contributed by atoms with van der Waals surface area (Å²) < 4.78 is 2.05. The Bertz CT molecular complexity index is 1420. The second-order valence-electron chi connectivity index (χ2n) is 7.86. The molecule has 0 aliphatic carbocycles. The van der Waals surface area contributed by atoms with Crippen molar-refractivity contribution in [2.75, 3.05) is 36.4 Å². The van der Waals surface area contributed by atoms with Gasteiger partial charge in [-0.3, -0.25) is 0 Å². The average molecular weight is 456 g/mol. The van der Waals surface area contributed by atoms with E-state index >= 15 is 0 Å². The Kier molecular flexibility index (Phi) is 4.88. The molecule has 4 heterocycles. The Hall–Kier alpha value is -3.98. The van der Waals surface area contributed by atoms with Crippen molar-refractivity contribution in [1.29, 1.82) is 0 Å². The van der Waals surface area contributed by atoms with Gasteiger partial charge in [-0.05, 0) is 35.7 Å². The summed E-state index contributed by atoms with van der Waals surface area (Å²) in [6.45, 7) is 2.55. The molecule has 2 amide bonds. The van der Waals surface area contributed by atoms with E-state index in [1.54, 1.807) is 11.3 Å². The van der Waals surface area contributed by atoms with Crippen LogP contribution in [0.4, 0.5) is 16.4 Å². The number of hydrogen-bond acceptors (Lipinski definition) is 6. The van der Waals surface area contributed by atoms with Gasteiger partial charge in [0.2, 0.25) is 5.95 Å². The number of anilines is 2. The van der Waals surface area contributed by atoms with Gasteiger partial charge in [0.05, 0.1) is 10.4 Å².